The Balaban J connectivity index is 1.44. The van der Waals surface area contributed by atoms with Crippen molar-refractivity contribution in [3.05, 3.63) is 89.0 Å². The molecule has 0 heterocycles. The van der Waals surface area contributed by atoms with Crippen molar-refractivity contribution in [1.29, 1.82) is 0 Å². The molecule has 174 valence electrons. The van der Waals surface area contributed by atoms with Gasteiger partial charge in [0.15, 0.2) is 6.61 Å². The number of aryl methyl sites for hydroxylation is 3. The third kappa shape index (κ3) is 7.59. The molecule has 0 spiro atoms. The number of rotatable bonds is 7. The number of ether oxygens (including phenoxy) is 1. The van der Waals surface area contributed by atoms with Gasteiger partial charge in [0.05, 0.1) is 6.21 Å². The molecular formula is C26H26N4O4. The van der Waals surface area contributed by atoms with Crippen LogP contribution in [0.2, 0.25) is 0 Å². The van der Waals surface area contributed by atoms with Gasteiger partial charge in [0.2, 0.25) is 0 Å². The second-order valence-corrected chi connectivity index (χ2v) is 7.81. The number of nitrogens with zero attached hydrogens (tertiary/aromatic N) is 1. The summed E-state index contributed by atoms with van der Waals surface area (Å²) in [5, 5.41) is 9.12. The molecule has 34 heavy (non-hydrogen) atoms. The standard InChI is InChI=1S/C26H26N4O4/c1-17-5-4-6-21(12-17)29-25(32)26(33)30-27-15-20-7-9-23(10-8-20)34-16-24(31)28-22-13-18(2)11-19(3)14-22/h4-15H,16H2,1-3H3,(H,28,31)(H,29,32)(H,30,33)/b27-15-. The summed E-state index contributed by atoms with van der Waals surface area (Å²) in [6.07, 6.45) is 1.40. The first kappa shape index (κ1) is 24.2. The fourth-order valence-electron chi connectivity index (χ4n) is 3.17. The normalized spacial score (nSPS) is 10.6. The monoisotopic (exact) mass is 458 g/mol. The van der Waals surface area contributed by atoms with Crippen molar-refractivity contribution in [1.82, 2.24) is 5.43 Å². The largest absolute Gasteiger partial charge is 0.484 e. The lowest BCUT2D eigenvalue weighted by molar-refractivity contribution is -0.136. The average molecular weight is 459 g/mol. The van der Waals surface area contributed by atoms with Crippen LogP contribution in [0.3, 0.4) is 0 Å². The van der Waals surface area contributed by atoms with Crippen LogP contribution in [0.4, 0.5) is 11.4 Å². The van der Waals surface area contributed by atoms with Crippen LogP contribution < -0.4 is 20.8 Å². The van der Waals surface area contributed by atoms with Gasteiger partial charge in [-0.15, -0.1) is 0 Å². The molecule has 0 aromatic heterocycles. The van der Waals surface area contributed by atoms with Crippen molar-refractivity contribution in [3.63, 3.8) is 0 Å². The van der Waals surface area contributed by atoms with Gasteiger partial charge in [-0.2, -0.15) is 5.10 Å². The van der Waals surface area contributed by atoms with Gasteiger partial charge in [-0.1, -0.05) is 18.2 Å². The molecule has 0 fully saturated rings. The Labute approximate surface area is 198 Å². The Morgan fingerprint density at radius 2 is 1.47 bits per heavy atom. The van der Waals surface area contributed by atoms with E-state index in [1.54, 1.807) is 42.5 Å². The number of carbonyl (C=O) groups is 3. The quantitative estimate of drug-likeness (QED) is 0.285. The minimum Gasteiger partial charge on any atom is -0.484 e. The van der Waals surface area contributed by atoms with E-state index in [1.165, 1.54) is 6.21 Å². The molecule has 0 aliphatic carbocycles. The number of nitrogens with one attached hydrogen (secondary N) is 3. The van der Waals surface area contributed by atoms with Crippen molar-refractivity contribution in [2.24, 2.45) is 5.10 Å². The second-order valence-electron chi connectivity index (χ2n) is 7.81. The highest BCUT2D eigenvalue weighted by Gasteiger charge is 2.12. The summed E-state index contributed by atoms with van der Waals surface area (Å²) in [6, 6.07) is 19.7. The number of anilines is 2. The van der Waals surface area contributed by atoms with E-state index < -0.39 is 11.8 Å². The van der Waals surface area contributed by atoms with E-state index in [-0.39, 0.29) is 12.5 Å². The highest BCUT2D eigenvalue weighted by atomic mass is 16.5. The summed E-state index contributed by atoms with van der Waals surface area (Å²) in [5.41, 5.74) is 7.21. The molecule has 3 rings (SSSR count). The zero-order valence-corrected chi connectivity index (χ0v) is 19.2. The molecule has 0 saturated carbocycles. The van der Waals surface area contributed by atoms with E-state index in [9.17, 15) is 14.4 Å². The van der Waals surface area contributed by atoms with Crippen LogP contribution in [-0.4, -0.2) is 30.5 Å². The van der Waals surface area contributed by atoms with E-state index in [0.29, 0.717) is 17.0 Å². The molecule has 3 N–H and O–H groups in total. The third-order valence-electron chi connectivity index (χ3n) is 4.62. The first-order valence-electron chi connectivity index (χ1n) is 10.6. The van der Waals surface area contributed by atoms with Crippen LogP contribution in [0.15, 0.2) is 71.8 Å². The highest BCUT2D eigenvalue weighted by molar-refractivity contribution is 6.39. The van der Waals surface area contributed by atoms with Crippen LogP contribution in [0.5, 0.6) is 5.75 Å². The number of hydrogen-bond acceptors (Lipinski definition) is 5. The topological polar surface area (TPSA) is 109 Å². The van der Waals surface area contributed by atoms with Crippen molar-refractivity contribution in [2.45, 2.75) is 20.8 Å². The number of hydrogen-bond donors (Lipinski definition) is 3. The molecule has 3 amide bonds. The molecule has 0 saturated heterocycles. The smallest absolute Gasteiger partial charge is 0.329 e. The predicted molar refractivity (Wildman–Crippen MR) is 132 cm³/mol. The van der Waals surface area contributed by atoms with Gasteiger partial charge >= 0.3 is 11.8 Å². The van der Waals surface area contributed by atoms with Crippen LogP contribution >= 0.6 is 0 Å². The van der Waals surface area contributed by atoms with Gasteiger partial charge in [0.1, 0.15) is 5.75 Å². The summed E-state index contributed by atoms with van der Waals surface area (Å²) in [4.78, 5) is 36.0. The van der Waals surface area contributed by atoms with Crippen LogP contribution in [-0.2, 0) is 14.4 Å². The maximum Gasteiger partial charge on any atom is 0.329 e. The van der Waals surface area contributed by atoms with E-state index >= 15 is 0 Å². The molecule has 0 aliphatic rings. The lowest BCUT2D eigenvalue weighted by Crippen LogP contribution is -2.32. The van der Waals surface area contributed by atoms with Gasteiger partial charge in [-0.3, -0.25) is 14.4 Å². The Morgan fingerprint density at radius 3 is 2.15 bits per heavy atom. The minimum absolute atomic E-state index is 0.132. The average Bonchev–Trinajstić information content (AvgIpc) is 2.78. The molecule has 8 heteroatoms. The summed E-state index contributed by atoms with van der Waals surface area (Å²) in [5.74, 6) is -1.45. The number of benzene rings is 3. The van der Waals surface area contributed by atoms with Crippen molar-refractivity contribution in [2.75, 3.05) is 17.2 Å². The maximum atomic E-state index is 12.1. The molecule has 0 bridgehead atoms. The molecule has 8 nitrogen and oxygen atoms in total. The first-order chi connectivity index (χ1) is 16.3. The number of hydrazone groups is 1. The zero-order chi connectivity index (χ0) is 24.5. The molecular weight excluding hydrogens is 432 g/mol. The van der Waals surface area contributed by atoms with Gasteiger partial charge in [0.25, 0.3) is 5.91 Å². The van der Waals surface area contributed by atoms with E-state index in [0.717, 1.165) is 22.4 Å². The zero-order valence-electron chi connectivity index (χ0n) is 19.2. The molecule has 0 aliphatic heterocycles. The Hall–Kier alpha value is -4.46. The second kappa shape index (κ2) is 11.4. The highest BCUT2D eigenvalue weighted by Crippen LogP contribution is 2.15. The summed E-state index contributed by atoms with van der Waals surface area (Å²) in [6.45, 7) is 5.69. The van der Waals surface area contributed by atoms with Gasteiger partial charge < -0.3 is 15.4 Å². The molecule has 3 aromatic rings. The van der Waals surface area contributed by atoms with Crippen molar-refractivity contribution in [3.8, 4) is 5.75 Å². The number of amides is 3. The Morgan fingerprint density at radius 1 is 0.794 bits per heavy atom. The third-order valence-corrected chi connectivity index (χ3v) is 4.62. The molecule has 3 aromatic carbocycles. The molecule has 0 atom stereocenters. The Bertz CT molecular complexity index is 1200. The van der Waals surface area contributed by atoms with E-state index in [2.05, 4.69) is 21.2 Å². The van der Waals surface area contributed by atoms with E-state index in [1.807, 2.05) is 45.0 Å². The summed E-state index contributed by atoms with van der Waals surface area (Å²) in [7, 11) is 0. The fraction of sp³-hybridized carbons (Fsp3) is 0.154. The van der Waals surface area contributed by atoms with E-state index in [4.69, 9.17) is 4.74 Å². The predicted octanol–water partition coefficient (Wildman–Crippen LogP) is 3.72. The van der Waals surface area contributed by atoms with Gasteiger partial charge in [0, 0.05) is 11.4 Å². The Kier molecular flexibility index (Phi) is 8.12. The van der Waals surface area contributed by atoms with Crippen LogP contribution in [0.25, 0.3) is 0 Å². The molecule has 0 unspecified atom stereocenters. The van der Waals surface area contributed by atoms with Crippen molar-refractivity contribution >= 4 is 35.3 Å². The lowest BCUT2D eigenvalue weighted by Gasteiger charge is -2.09. The number of carbonyl (C=O) groups excluding carboxylic acids is 3. The first-order valence-corrected chi connectivity index (χ1v) is 10.6. The minimum atomic E-state index is -0.882. The molecule has 0 radical (unpaired) electrons. The maximum absolute atomic E-state index is 12.1. The van der Waals surface area contributed by atoms with Gasteiger partial charge in [-0.25, -0.2) is 5.43 Å². The summed E-state index contributed by atoms with van der Waals surface area (Å²) >= 11 is 0. The van der Waals surface area contributed by atoms with Crippen LogP contribution in [0, 0.1) is 20.8 Å². The SMILES string of the molecule is Cc1cc(C)cc(NC(=O)COc2ccc(/C=N\NC(=O)C(=O)Nc3cccc(C)c3)cc2)c1. The fourth-order valence-corrected chi connectivity index (χ4v) is 3.17. The summed E-state index contributed by atoms with van der Waals surface area (Å²) < 4.78 is 5.52. The van der Waals surface area contributed by atoms with Crippen molar-refractivity contribution < 1.29 is 19.1 Å². The van der Waals surface area contributed by atoms with Crippen LogP contribution in [0.1, 0.15) is 22.3 Å². The lowest BCUT2D eigenvalue weighted by atomic mass is 10.1. The van der Waals surface area contributed by atoms with Gasteiger partial charge in [-0.05, 0) is 91.6 Å².